The molecule has 12 rings (SSSR count). The molecule has 6 aromatic rings. The van der Waals surface area contributed by atoms with Crippen LogP contribution in [-0.4, -0.2) is 195 Å². The van der Waals surface area contributed by atoms with Crippen LogP contribution in [0.5, 0.6) is 23.0 Å². The number of likely N-dealkylation sites (tertiary alicyclic amines) is 2. The van der Waals surface area contributed by atoms with Crippen molar-refractivity contribution < 1.29 is 120 Å². The summed E-state index contributed by atoms with van der Waals surface area (Å²) in [7, 11) is -0.355. The Hall–Kier alpha value is -9.28. The van der Waals surface area contributed by atoms with Gasteiger partial charge in [-0.05, 0) is 130 Å². The van der Waals surface area contributed by atoms with Gasteiger partial charge in [-0.15, -0.1) is 13.2 Å². The van der Waals surface area contributed by atoms with Crippen LogP contribution in [0.3, 0.4) is 0 Å². The predicted octanol–water partition coefficient (Wildman–Crippen LogP) is 9.78. The zero-order valence-electron chi connectivity index (χ0n) is 70.2. The normalized spacial score (nSPS) is 22.6. The monoisotopic (exact) mass is 1880 g/mol. The summed E-state index contributed by atoms with van der Waals surface area (Å²) in [6.45, 7) is 31.7. The fourth-order valence-corrected chi connectivity index (χ4v) is 15.8. The fourth-order valence-electron chi connectivity index (χ4n) is 13.8. The zero-order chi connectivity index (χ0) is 86.7. The van der Waals surface area contributed by atoms with Crippen LogP contribution >= 0.6 is 0 Å². The van der Waals surface area contributed by atoms with Crippen molar-refractivity contribution in [1.82, 2.24) is 45.8 Å². The number of rotatable bonds is 23. The molecule has 33 heteroatoms. The molecule has 4 heterocycles. The van der Waals surface area contributed by atoms with E-state index in [1.807, 2.05) is 91.0 Å². The molecule has 2 aliphatic heterocycles. The number of nitrogens with two attached hydrogens (primary N) is 1. The van der Waals surface area contributed by atoms with Crippen molar-refractivity contribution in [3.63, 3.8) is 0 Å². The number of hydrogen-bond donors (Lipinski definition) is 7. The van der Waals surface area contributed by atoms with Crippen molar-refractivity contribution in [3.8, 4) is 45.5 Å². The van der Waals surface area contributed by atoms with Gasteiger partial charge in [0.1, 0.15) is 81.7 Å². The smallest absolute Gasteiger partial charge is 0.408 e. The van der Waals surface area contributed by atoms with Crippen LogP contribution in [0.4, 0.5) is 9.59 Å². The van der Waals surface area contributed by atoms with E-state index in [2.05, 4.69) is 47.5 Å². The summed E-state index contributed by atoms with van der Waals surface area (Å²) in [6.07, 6.45) is 2.70. The Morgan fingerprint density at radius 3 is 1.26 bits per heavy atom. The van der Waals surface area contributed by atoms with Crippen molar-refractivity contribution in [1.29, 1.82) is 1.34 Å². The summed E-state index contributed by atoms with van der Waals surface area (Å²) in [5.41, 5.74) is -2.14. The molecule has 4 saturated carbocycles. The number of alkyl carbamates (subject to hydrolysis) is 2. The van der Waals surface area contributed by atoms with Crippen LogP contribution < -0.4 is 50.1 Å². The van der Waals surface area contributed by atoms with Gasteiger partial charge < -0.3 is 64.6 Å². The van der Waals surface area contributed by atoms with Gasteiger partial charge in [-0.1, -0.05) is 114 Å². The maximum Gasteiger partial charge on any atom is 0.408 e. The van der Waals surface area contributed by atoms with Gasteiger partial charge in [0.2, 0.25) is 43.7 Å². The largest absolute Gasteiger partial charge is 0.497 e. The molecule has 8 N–H and O–H groups in total. The van der Waals surface area contributed by atoms with Crippen molar-refractivity contribution in [2.75, 3.05) is 27.3 Å². The summed E-state index contributed by atoms with van der Waals surface area (Å²) < 4.78 is 88.2. The number of carboxylic acids is 1. The molecule has 4 aliphatic carbocycles. The predicted molar refractivity (Wildman–Crippen MR) is 440 cm³/mol. The maximum absolute atomic E-state index is 14.7. The number of hydrogen-bond acceptors (Lipinski definition) is 20. The van der Waals surface area contributed by atoms with E-state index in [9.17, 15) is 60.3 Å². The number of nitrogens with zero attached hydrogens (tertiary/aromatic N) is 4. The van der Waals surface area contributed by atoms with Crippen LogP contribution in [0.15, 0.2) is 135 Å². The van der Waals surface area contributed by atoms with E-state index < -0.39 is 159 Å². The summed E-state index contributed by atoms with van der Waals surface area (Å²) in [4.78, 5) is 122. The first kappa shape index (κ1) is 91.6. The molecule has 117 heavy (non-hydrogen) atoms. The molecule has 0 spiro atoms. The molecule has 2 radical (unpaired) electrons. The van der Waals surface area contributed by atoms with Gasteiger partial charge in [-0.2, -0.15) is 0 Å². The van der Waals surface area contributed by atoms with Crippen LogP contribution in [0.1, 0.15) is 148 Å². The summed E-state index contributed by atoms with van der Waals surface area (Å²) in [6, 6.07) is 29.2. The number of ether oxygens (including phenoxy) is 6. The van der Waals surface area contributed by atoms with Crippen molar-refractivity contribution in [2.24, 2.45) is 27.8 Å². The number of carboxylic acid groups (broad SMARTS) is 1. The summed E-state index contributed by atoms with van der Waals surface area (Å²) >= 11 is 0. The number of amides is 7. The average Bonchev–Trinajstić information content (AvgIpc) is 1.57. The number of carbonyl (C=O) groups excluding carboxylic acids is 7. The molecule has 2 aromatic heterocycles. The number of sulfonamides is 2. The third-order valence-corrected chi connectivity index (χ3v) is 25.4. The average molecular weight is 1880 g/mol. The molecule has 7 amide bonds. The minimum absolute atomic E-state index is 0. The number of methoxy groups -OCH3 is 2. The molecule has 6 fully saturated rings. The Morgan fingerprint density at radius 2 is 0.949 bits per heavy atom. The van der Waals surface area contributed by atoms with Gasteiger partial charge in [0.05, 0.1) is 59.2 Å². The van der Waals surface area contributed by atoms with Gasteiger partial charge in [0, 0.05) is 110 Å². The fraction of sp³-hybridized carbons (Fsp3) is 0.500. The number of primary sulfonamides is 1. The minimum atomic E-state index is -4.02. The van der Waals surface area contributed by atoms with Crippen LogP contribution in [0, 0.1) is 53.8 Å². The number of fused-ring (bicyclic) bond motifs is 2. The van der Waals surface area contributed by atoms with E-state index in [0.29, 0.717) is 69.0 Å². The minimum Gasteiger partial charge on any atom is -0.497 e. The molecular formula is C84H109BN10O19S2U. The molecule has 628 valence electrons. The quantitative estimate of drug-likeness (QED) is 0.0232. The number of nitrogens with one attached hydrogen (secondary N) is 5. The van der Waals surface area contributed by atoms with E-state index >= 15 is 0 Å². The second kappa shape index (κ2) is 35.3. The van der Waals surface area contributed by atoms with E-state index in [1.54, 1.807) is 129 Å². The second-order valence-electron chi connectivity index (χ2n) is 35.1. The van der Waals surface area contributed by atoms with Gasteiger partial charge in [-0.3, -0.25) is 28.7 Å². The van der Waals surface area contributed by atoms with Gasteiger partial charge >= 0.3 is 18.2 Å². The molecular weight excluding hydrogens is 1770 g/mol. The van der Waals surface area contributed by atoms with Crippen molar-refractivity contribution in [2.45, 2.75) is 216 Å². The van der Waals surface area contributed by atoms with E-state index in [1.165, 1.54) is 22.0 Å². The first-order valence-electron chi connectivity index (χ1n) is 38.8. The summed E-state index contributed by atoms with van der Waals surface area (Å²) in [5.74, 6) is -3.26. The van der Waals surface area contributed by atoms with Crippen LogP contribution in [-0.2, 0) is 58.3 Å². The first-order chi connectivity index (χ1) is 54.5. The standard InChI is InChI=1S/C42H53N5O9S.C38H46N4O8.C4H9NO2S.BH.U/c1-10-26-23-42(26,37(50)46-57(52,53)41(8)18-19-41)45-35(48)32-21-28(24-47(32)36(49)34(39(2,3)4)44-38(51)56-40(5,6)7)55-33-22-30(25-14-12-11-13-15-25)43-31-20-27(54-9)16-17-29(31)33;1-9-23-20-38(23,34(45)46)41-32(43)29-18-25(21-42(29)33(44)31(36(2,3)4)40-35(47)50-37(5,6)7)49-30-19-27(22-13-11-10-12-14-22)39-28-17-24(48-8)15-16-26(28)30;1-4(2-3-4)8(5,6)7;;/h10-17,20,22,26,28,32,34H,1,18-19,21,23-24H2,2-9H3,(H,44,51)(H,45,48)(H,46,50);9-17,19,23,25,29,31H,1,18,20-21H2,2-8H3,(H,40,47)(H,41,43)(H,45,46);2-3H2,1H3,(H2,5,6,7);1H;/t26?,28-,32+,34-,42-;23?,25-,29+,31-,38-;;;/m11.../s1/i;;;1D;. The molecule has 6 aliphatic rings. The first-order valence-corrected chi connectivity index (χ1v) is 41.3. The molecule has 0 bridgehead atoms. The molecule has 10 atom stereocenters. The SMILES string of the molecule is C=CC1C[C@]1(NC(=O)[C@@H]1C[C@@H](Oc2cc(-c3ccccc3)nc3cc(OC)ccc23)CN1C(=O)[C@@H](NC(=O)OC(C)(C)C)C(C)(C)C)C(=O)NS(=O)(=O)C1(C)CC1.C=CC1C[C@]1(NC(=O)[C@@H]1C[C@@H](Oc2cc(-c3ccccc3)nc3cc(OC)ccc23)CN1C(=O)[C@@H](NC(=O)OC(C)(C)C)C(C)(C)C)C(=O)O.CC1(S(N)(=O)=O)CC1.[2H][B].[U]. The Balaban J connectivity index is 0.000000263. The Morgan fingerprint density at radius 1 is 0.581 bits per heavy atom. The van der Waals surface area contributed by atoms with E-state index in [-0.39, 0.29) is 69.9 Å². The van der Waals surface area contributed by atoms with E-state index in [4.69, 9.17) is 44.9 Å². The third-order valence-electron chi connectivity index (χ3n) is 21.5. The number of aromatic nitrogens is 2. The second-order valence-corrected chi connectivity index (χ2v) is 39.3. The Bertz CT molecular complexity index is 5020. The Labute approximate surface area is 711 Å². The van der Waals surface area contributed by atoms with Gasteiger partial charge in [-0.25, -0.2) is 46.3 Å². The van der Waals surface area contributed by atoms with Gasteiger partial charge in [0.15, 0.2) is 0 Å². The molecule has 2 saturated heterocycles. The van der Waals surface area contributed by atoms with E-state index in [0.717, 1.165) is 24.0 Å². The molecule has 2 unspecified atom stereocenters. The molecule has 4 aromatic carbocycles. The number of aliphatic carboxylic acids is 1. The Kier molecular flexibility index (Phi) is 27.7. The maximum atomic E-state index is 14.7. The zero-order valence-corrected chi connectivity index (χ0v) is 75.0. The van der Waals surface area contributed by atoms with Crippen LogP contribution in [0.25, 0.3) is 44.3 Å². The number of carbonyl (C=O) groups is 8. The third kappa shape index (κ3) is 21.8. The van der Waals surface area contributed by atoms with Crippen molar-refractivity contribution in [3.05, 3.63) is 135 Å². The summed E-state index contributed by atoms with van der Waals surface area (Å²) in [5, 5.41) is 27.2. The van der Waals surface area contributed by atoms with Crippen LogP contribution in [0.2, 0.25) is 0 Å². The van der Waals surface area contributed by atoms with Gasteiger partial charge in [0.25, 0.3) is 5.91 Å². The topological polar surface area (TPSA) is 399 Å². The number of pyridine rings is 2. The molecule has 29 nitrogen and oxygen atoms in total. The van der Waals surface area contributed by atoms with Crippen molar-refractivity contribution >= 4 is 97.9 Å². The number of benzene rings is 4.